The highest BCUT2D eigenvalue weighted by Crippen LogP contribution is 2.27. The average Bonchev–Trinajstić information content (AvgIpc) is 3.55. The molecule has 5 rings (SSSR count). The van der Waals surface area contributed by atoms with Crippen molar-refractivity contribution in [3.8, 4) is 17.1 Å². The van der Waals surface area contributed by atoms with Crippen LogP contribution in [0.1, 0.15) is 52.3 Å². The smallest absolute Gasteiger partial charge is 0.409 e. The highest BCUT2D eigenvalue weighted by Gasteiger charge is 2.23. The first kappa shape index (κ1) is 35.7. The van der Waals surface area contributed by atoms with E-state index in [1.807, 2.05) is 76.3 Å². The number of likely N-dealkylation sites (N-methyl/N-ethyl adjacent to an activating group) is 2. The molecular weight excluding hydrogens is 632 g/mol. The molecule has 0 aliphatic carbocycles. The monoisotopic (exact) mass is 676 g/mol. The maximum absolute atomic E-state index is 13.9. The Balaban J connectivity index is 1.35. The molecule has 12 nitrogen and oxygen atoms in total. The first-order valence-corrected chi connectivity index (χ1v) is 16.7. The zero-order valence-electron chi connectivity index (χ0n) is 29.7. The maximum atomic E-state index is 13.9. The Hall–Kier alpha value is -5.62. The van der Waals surface area contributed by atoms with Gasteiger partial charge in [0, 0.05) is 50.1 Å². The maximum Gasteiger partial charge on any atom is 0.421 e. The standard InChI is InChI=1S/C38H44N8O4/c1-8-45(9-2)21-20-44(7)36(47)31-14-16-32(17-15-31)41-37-39-19-18-33(42-37)46(38(48)49-34-26(4)22-25(3)23-27(34)5)24-29-10-12-30(13-11-29)35-40-28(6)50-43-35/h10-19,22-23H,8-9,20-21,24H2,1-7H3,(H,39,41,42). The minimum Gasteiger partial charge on any atom is -0.409 e. The van der Waals surface area contributed by atoms with Gasteiger partial charge in [0.2, 0.25) is 17.7 Å². The van der Waals surface area contributed by atoms with E-state index in [4.69, 9.17) is 9.26 Å². The van der Waals surface area contributed by atoms with Crippen LogP contribution in [0.3, 0.4) is 0 Å². The number of carbonyl (C=O) groups is 2. The second-order valence-electron chi connectivity index (χ2n) is 12.2. The van der Waals surface area contributed by atoms with E-state index in [1.165, 1.54) is 4.90 Å². The molecule has 0 bridgehead atoms. The third kappa shape index (κ3) is 8.88. The minimum absolute atomic E-state index is 0.0457. The summed E-state index contributed by atoms with van der Waals surface area (Å²) >= 11 is 0. The molecule has 0 saturated carbocycles. The lowest BCUT2D eigenvalue weighted by atomic mass is 10.1. The fourth-order valence-corrected chi connectivity index (χ4v) is 5.61. The number of hydrogen-bond donors (Lipinski definition) is 1. The van der Waals surface area contributed by atoms with E-state index in [-0.39, 0.29) is 18.4 Å². The van der Waals surface area contributed by atoms with Crippen molar-refractivity contribution < 1.29 is 18.8 Å². The summed E-state index contributed by atoms with van der Waals surface area (Å²) in [5, 5.41) is 7.19. The molecule has 3 aromatic carbocycles. The van der Waals surface area contributed by atoms with E-state index in [0.717, 1.165) is 47.5 Å². The Labute approximate surface area is 293 Å². The van der Waals surface area contributed by atoms with E-state index in [0.29, 0.717) is 41.1 Å². The second kappa shape index (κ2) is 16.2. The lowest BCUT2D eigenvalue weighted by Gasteiger charge is -2.23. The van der Waals surface area contributed by atoms with Gasteiger partial charge in [-0.25, -0.2) is 9.78 Å². The predicted molar refractivity (Wildman–Crippen MR) is 194 cm³/mol. The molecular formula is C38H44N8O4. The molecule has 0 atom stereocenters. The Kier molecular flexibility index (Phi) is 11.6. The van der Waals surface area contributed by atoms with Gasteiger partial charge in [-0.1, -0.05) is 61.0 Å². The van der Waals surface area contributed by atoms with Gasteiger partial charge in [-0.2, -0.15) is 9.97 Å². The summed E-state index contributed by atoms with van der Waals surface area (Å²) in [5.74, 6) is 2.05. The van der Waals surface area contributed by atoms with Crippen LogP contribution in [0.4, 0.5) is 22.2 Å². The van der Waals surface area contributed by atoms with Crippen LogP contribution >= 0.6 is 0 Å². The summed E-state index contributed by atoms with van der Waals surface area (Å²) in [7, 11) is 1.82. The fourth-order valence-electron chi connectivity index (χ4n) is 5.61. The summed E-state index contributed by atoms with van der Waals surface area (Å²) in [6.45, 7) is 15.3. The molecule has 1 N–H and O–H groups in total. The molecule has 0 saturated heterocycles. The number of nitrogens with one attached hydrogen (secondary N) is 1. The van der Waals surface area contributed by atoms with Crippen LogP contribution in [0.25, 0.3) is 11.4 Å². The number of amides is 2. The molecule has 0 spiro atoms. The van der Waals surface area contributed by atoms with Crippen LogP contribution in [0, 0.1) is 27.7 Å². The largest absolute Gasteiger partial charge is 0.421 e. The molecule has 2 aromatic heterocycles. The number of aryl methyl sites for hydroxylation is 4. The van der Waals surface area contributed by atoms with Gasteiger partial charge in [-0.3, -0.25) is 9.69 Å². The van der Waals surface area contributed by atoms with Gasteiger partial charge < -0.3 is 24.4 Å². The molecule has 0 aliphatic heterocycles. The van der Waals surface area contributed by atoms with E-state index in [2.05, 4.69) is 44.2 Å². The zero-order chi connectivity index (χ0) is 35.8. The van der Waals surface area contributed by atoms with Gasteiger partial charge in [0.15, 0.2) is 0 Å². The molecule has 50 heavy (non-hydrogen) atoms. The fraction of sp³-hybridized carbons (Fsp3) is 0.316. The van der Waals surface area contributed by atoms with Crippen molar-refractivity contribution in [1.82, 2.24) is 29.9 Å². The number of rotatable bonds is 13. The summed E-state index contributed by atoms with van der Waals surface area (Å²) in [5.41, 5.74) is 5.70. The van der Waals surface area contributed by atoms with Crippen molar-refractivity contribution >= 4 is 29.5 Å². The molecule has 260 valence electrons. The van der Waals surface area contributed by atoms with Crippen molar-refractivity contribution in [2.75, 3.05) is 43.4 Å². The zero-order valence-corrected chi connectivity index (χ0v) is 29.7. The van der Waals surface area contributed by atoms with Gasteiger partial charge in [0.1, 0.15) is 11.6 Å². The number of carbonyl (C=O) groups excluding carboxylic acids is 2. The first-order chi connectivity index (χ1) is 24.0. The molecule has 0 unspecified atom stereocenters. The van der Waals surface area contributed by atoms with E-state index in [1.54, 1.807) is 36.2 Å². The van der Waals surface area contributed by atoms with Crippen LogP contribution < -0.4 is 15.0 Å². The Bertz CT molecular complexity index is 1900. The van der Waals surface area contributed by atoms with Crippen molar-refractivity contribution in [2.45, 2.75) is 48.1 Å². The molecule has 2 heterocycles. The highest BCUT2D eigenvalue weighted by atomic mass is 16.6. The number of benzene rings is 3. The number of ether oxygens (including phenoxy) is 1. The van der Waals surface area contributed by atoms with Crippen LogP contribution in [-0.4, -0.2) is 75.1 Å². The van der Waals surface area contributed by atoms with Crippen LogP contribution in [0.15, 0.2) is 77.4 Å². The van der Waals surface area contributed by atoms with Gasteiger partial charge >= 0.3 is 6.09 Å². The first-order valence-electron chi connectivity index (χ1n) is 16.7. The van der Waals surface area contributed by atoms with Gasteiger partial charge in [-0.05, 0) is 80.9 Å². The topological polar surface area (TPSA) is 130 Å². The van der Waals surface area contributed by atoms with Crippen molar-refractivity contribution in [3.63, 3.8) is 0 Å². The number of hydrogen-bond acceptors (Lipinski definition) is 10. The van der Waals surface area contributed by atoms with Gasteiger partial charge in [-0.15, -0.1) is 0 Å². The van der Waals surface area contributed by atoms with Crippen molar-refractivity contribution in [2.24, 2.45) is 0 Å². The van der Waals surface area contributed by atoms with Crippen molar-refractivity contribution in [1.29, 1.82) is 0 Å². The minimum atomic E-state index is -0.587. The van der Waals surface area contributed by atoms with Crippen LogP contribution in [0.5, 0.6) is 5.75 Å². The normalized spacial score (nSPS) is 11.0. The number of anilines is 3. The lowest BCUT2D eigenvalue weighted by molar-refractivity contribution is 0.0779. The third-order valence-corrected chi connectivity index (χ3v) is 8.39. The summed E-state index contributed by atoms with van der Waals surface area (Å²) in [6.07, 6.45) is 0.994. The quantitative estimate of drug-likeness (QED) is 0.138. The summed E-state index contributed by atoms with van der Waals surface area (Å²) in [4.78, 5) is 45.8. The second-order valence-corrected chi connectivity index (χ2v) is 12.2. The SMILES string of the molecule is CCN(CC)CCN(C)C(=O)c1ccc(Nc2nccc(N(Cc3ccc(-c4noc(C)n4)cc3)C(=O)Oc3c(C)cc(C)cc3C)n2)cc1. The molecule has 2 amide bonds. The van der Waals surface area contributed by atoms with E-state index < -0.39 is 6.09 Å². The Morgan fingerprint density at radius 3 is 2.16 bits per heavy atom. The molecule has 0 radical (unpaired) electrons. The number of nitrogens with zero attached hydrogens (tertiary/aromatic N) is 7. The Morgan fingerprint density at radius 1 is 0.860 bits per heavy atom. The van der Waals surface area contributed by atoms with E-state index in [9.17, 15) is 9.59 Å². The summed E-state index contributed by atoms with van der Waals surface area (Å²) in [6, 6.07) is 20.3. The summed E-state index contributed by atoms with van der Waals surface area (Å²) < 4.78 is 11.1. The Morgan fingerprint density at radius 2 is 1.54 bits per heavy atom. The van der Waals surface area contributed by atoms with Crippen LogP contribution in [0.2, 0.25) is 0 Å². The van der Waals surface area contributed by atoms with Gasteiger partial charge in [0.25, 0.3) is 5.91 Å². The molecule has 5 aromatic rings. The van der Waals surface area contributed by atoms with E-state index >= 15 is 0 Å². The molecule has 0 fully saturated rings. The average molecular weight is 677 g/mol. The van der Waals surface area contributed by atoms with Gasteiger partial charge in [0.05, 0.1) is 6.54 Å². The highest BCUT2D eigenvalue weighted by molar-refractivity contribution is 5.94. The lowest BCUT2D eigenvalue weighted by Crippen LogP contribution is -2.36. The molecule has 0 aliphatic rings. The molecule has 12 heteroatoms. The van der Waals surface area contributed by atoms with Crippen molar-refractivity contribution in [3.05, 3.63) is 107 Å². The number of aromatic nitrogens is 4. The van der Waals surface area contributed by atoms with Crippen LogP contribution in [-0.2, 0) is 6.54 Å². The third-order valence-electron chi connectivity index (χ3n) is 8.39. The predicted octanol–water partition coefficient (Wildman–Crippen LogP) is 7.12.